The molecule has 0 aliphatic carbocycles. The molecule has 0 radical (unpaired) electrons. The van der Waals surface area contributed by atoms with Crippen molar-refractivity contribution >= 4 is 5.78 Å². The molecule has 1 N–H and O–H groups in total. The molecule has 0 aromatic carbocycles. The zero-order valence-corrected chi connectivity index (χ0v) is 11.5. The molecule has 3 atom stereocenters. The Kier molecular flexibility index (Phi) is 7.65. The predicted molar refractivity (Wildman–Crippen MR) is 68.3 cm³/mol. The molecule has 0 spiro atoms. The fourth-order valence-corrected chi connectivity index (χ4v) is 1.98. The lowest BCUT2D eigenvalue weighted by molar-refractivity contribution is -0.117. The number of Topliss-reactive ketones (excluding diaryl/α,β-unsaturated/α-hetero) is 1. The van der Waals surface area contributed by atoms with Crippen LogP contribution < -0.4 is 0 Å². The first-order chi connectivity index (χ1) is 7.38. The smallest absolute Gasteiger partial charge is 0.129 e. The third kappa shape index (κ3) is 6.26. The molecule has 0 bridgehead atoms. The molecule has 0 amide bonds. The van der Waals surface area contributed by atoms with Crippen LogP contribution in [0.2, 0.25) is 0 Å². The number of ketones is 1. The average Bonchev–Trinajstić information content (AvgIpc) is 2.21. The Balaban J connectivity index is 4.02. The first kappa shape index (κ1) is 15.6. The van der Waals surface area contributed by atoms with Crippen LogP contribution in [0.4, 0.5) is 0 Å². The molecule has 2 heteroatoms. The lowest BCUT2D eigenvalue weighted by Gasteiger charge is -2.26. The Morgan fingerprint density at radius 2 is 1.69 bits per heavy atom. The summed E-state index contributed by atoms with van der Waals surface area (Å²) in [7, 11) is 0. The van der Waals surface area contributed by atoms with Gasteiger partial charge in [-0.05, 0) is 43.4 Å². The summed E-state index contributed by atoms with van der Waals surface area (Å²) in [4.78, 5) is 10.9. The van der Waals surface area contributed by atoms with E-state index in [1.165, 1.54) is 0 Å². The van der Waals surface area contributed by atoms with Crippen LogP contribution in [0.15, 0.2) is 0 Å². The van der Waals surface area contributed by atoms with Crippen LogP contribution in [-0.4, -0.2) is 17.5 Å². The number of carbonyl (C=O) groups is 1. The Bertz CT molecular complexity index is 199. The molecular formula is C14H28O2. The van der Waals surface area contributed by atoms with Gasteiger partial charge in [-0.25, -0.2) is 0 Å². The fourth-order valence-electron chi connectivity index (χ4n) is 1.98. The minimum atomic E-state index is 0.279. The molecule has 96 valence electrons. The van der Waals surface area contributed by atoms with Gasteiger partial charge in [0.15, 0.2) is 0 Å². The van der Waals surface area contributed by atoms with Crippen molar-refractivity contribution in [1.29, 1.82) is 0 Å². The molecule has 0 aromatic heterocycles. The largest absolute Gasteiger partial charge is 0.396 e. The Hall–Kier alpha value is -0.370. The van der Waals surface area contributed by atoms with Crippen LogP contribution >= 0.6 is 0 Å². The normalized spacial score (nSPS) is 17.2. The molecule has 0 aliphatic rings. The Morgan fingerprint density at radius 1 is 1.12 bits per heavy atom. The summed E-state index contributed by atoms with van der Waals surface area (Å²) in [6, 6.07) is 0. The third-order valence-electron chi connectivity index (χ3n) is 3.77. The summed E-state index contributed by atoms with van der Waals surface area (Å²) in [5.74, 6) is 2.36. The first-order valence-corrected chi connectivity index (χ1v) is 6.48. The lowest BCUT2D eigenvalue weighted by atomic mass is 9.80. The maximum absolute atomic E-state index is 10.9. The van der Waals surface area contributed by atoms with Crippen molar-refractivity contribution in [2.75, 3.05) is 6.61 Å². The van der Waals surface area contributed by atoms with E-state index in [1.807, 2.05) is 0 Å². The lowest BCUT2D eigenvalue weighted by Crippen LogP contribution is -2.20. The van der Waals surface area contributed by atoms with E-state index in [0.717, 1.165) is 12.8 Å². The van der Waals surface area contributed by atoms with Gasteiger partial charge in [0, 0.05) is 13.0 Å². The van der Waals surface area contributed by atoms with Gasteiger partial charge in [-0.2, -0.15) is 0 Å². The molecule has 2 nitrogen and oxygen atoms in total. The maximum Gasteiger partial charge on any atom is 0.129 e. The van der Waals surface area contributed by atoms with E-state index >= 15 is 0 Å². The molecule has 0 heterocycles. The van der Waals surface area contributed by atoms with Gasteiger partial charge in [-0.1, -0.05) is 27.7 Å². The number of aliphatic hydroxyl groups is 1. The molecular weight excluding hydrogens is 200 g/mol. The number of aliphatic hydroxyl groups excluding tert-OH is 1. The van der Waals surface area contributed by atoms with Gasteiger partial charge in [-0.15, -0.1) is 0 Å². The monoisotopic (exact) mass is 228 g/mol. The average molecular weight is 228 g/mol. The number of hydrogen-bond acceptors (Lipinski definition) is 2. The highest BCUT2D eigenvalue weighted by Gasteiger charge is 2.20. The van der Waals surface area contributed by atoms with Gasteiger partial charge < -0.3 is 9.90 Å². The molecule has 1 unspecified atom stereocenters. The second kappa shape index (κ2) is 7.83. The van der Waals surface area contributed by atoms with Gasteiger partial charge in [0.2, 0.25) is 0 Å². The fraction of sp³-hybridized carbons (Fsp3) is 0.929. The van der Waals surface area contributed by atoms with E-state index in [1.54, 1.807) is 6.92 Å². The van der Waals surface area contributed by atoms with E-state index in [2.05, 4.69) is 27.7 Å². The summed E-state index contributed by atoms with van der Waals surface area (Å²) in [5.41, 5.74) is 0. The summed E-state index contributed by atoms with van der Waals surface area (Å²) in [6.07, 6.45) is 2.73. The summed E-state index contributed by atoms with van der Waals surface area (Å²) >= 11 is 0. The van der Waals surface area contributed by atoms with Crippen LogP contribution in [0.25, 0.3) is 0 Å². The van der Waals surface area contributed by atoms with Crippen LogP contribution in [-0.2, 0) is 4.79 Å². The molecule has 0 saturated carbocycles. The van der Waals surface area contributed by atoms with Crippen molar-refractivity contribution in [2.24, 2.45) is 23.7 Å². The summed E-state index contributed by atoms with van der Waals surface area (Å²) in [5, 5.41) is 9.29. The van der Waals surface area contributed by atoms with Crippen molar-refractivity contribution in [1.82, 2.24) is 0 Å². The van der Waals surface area contributed by atoms with E-state index < -0.39 is 0 Å². The van der Waals surface area contributed by atoms with Crippen molar-refractivity contribution < 1.29 is 9.90 Å². The Morgan fingerprint density at radius 3 is 2.06 bits per heavy atom. The molecule has 0 aromatic rings. The molecule has 0 aliphatic heterocycles. The van der Waals surface area contributed by atoms with Crippen molar-refractivity contribution in [2.45, 2.75) is 53.9 Å². The number of hydrogen-bond donors (Lipinski definition) is 1. The second-order valence-corrected chi connectivity index (χ2v) is 5.62. The molecule has 0 saturated heterocycles. The molecule has 0 rings (SSSR count). The predicted octanol–water partition coefficient (Wildman–Crippen LogP) is 3.28. The molecule has 0 fully saturated rings. The zero-order valence-electron chi connectivity index (χ0n) is 11.5. The van der Waals surface area contributed by atoms with E-state index in [9.17, 15) is 9.90 Å². The van der Waals surface area contributed by atoms with Crippen LogP contribution in [0, 0.1) is 23.7 Å². The van der Waals surface area contributed by atoms with Crippen molar-refractivity contribution in [3.63, 3.8) is 0 Å². The van der Waals surface area contributed by atoms with Crippen LogP contribution in [0.3, 0.4) is 0 Å². The van der Waals surface area contributed by atoms with Gasteiger partial charge in [0.25, 0.3) is 0 Å². The SMILES string of the molecule is CC(=O)CCC(C)[C@@H](C)C[C@H](CO)C(C)C. The van der Waals surface area contributed by atoms with Gasteiger partial charge >= 0.3 is 0 Å². The number of carbonyl (C=O) groups excluding carboxylic acids is 1. The minimum Gasteiger partial charge on any atom is -0.396 e. The van der Waals surface area contributed by atoms with Gasteiger partial charge in [0.1, 0.15) is 5.78 Å². The van der Waals surface area contributed by atoms with Gasteiger partial charge in [-0.3, -0.25) is 0 Å². The summed E-state index contributed by atoms with van der Waals surface area (Å²) < 4.78 is 0. The van der Waals surface area contributed by atoms with E-state index in [0.29, 0.717) is 30.1 Å². The van der Waals surface area contributed by atoms with Crippen molar-refractivity contribution in [3.8, 4) is 0 Å². The molecule has 16 heavy (non-hydrogen) atoms. The number of rotatable bonds is 8. The van der Waals surface area contributed by atoms with Gasteiger partial charge in [0.05, 0.1) is 0 Å². The quantitative estimate of drug-likeness (QED) is 0.692. The highest BCUT2D eigenvalue weighted by atomic mass is 16.3. The van der Waals surface area contributed by atoms with Crippen LogP contribution in [0.5, 0.6) is 0 Å². The highest BCUT2D eigenvalue weighted by Crippen LogP contribution is 2.27. The standard InChI is InChI=1S/C14H28O2/c1-10(2)14(9-15)8-12(4)11(3)6-7-13(5)16/h10-12,14-15H,6-9H2,1-5H3/t11?,12-,14+/m0/s1. The summed E-state index contributed by atoms with van der Waals surface area (Å²) in [6.45, 7) is 10.7. The topological polar surface area (TPSA) is 37.3 Å². The Labute approximate surface area is 100 Å². The first-order valence-electron chi connectivity index (χ1n) is 6.48. The van der Waals surface area contributed by atoms with Crippen molar-refractivity contribution in [3.05, 3.63) is 0 Å². The minimum absolute atomic E-state index is 0.279. The highest BCUT2D eigenvalue weighted by molar-refractivity contribution is 5.75. The third-order valence-corrected chi connectivity index (χ3v) is 3.77. The maximum atomic E-state index is 10.9. The van der Waals surface area contributed by atoms with E-state index in [4.69, 9.17) is 0 Å². The zero-order chi connectivity index (χ0) is 12.7. The second-order valence-electron chi connectivity index (χ2n) is 5.62. The van der Waals surface area contributed by atoms with E-state index in [-0.39, 0.29) is 12.4 Å². The van der Waals surface area contributed by atoms with Crippen LogP contribution in [0.1, 0.15) is 53.9 Å².